The maximum atomic E-state index is 9.82. The van der Waals surface area contributed by atoms with Crippen molar-refractivity contribution < 1.29 is 9.90 Å². The number of terminal acetylenes is 1. The molecule has 0 aromatic heterocycles. The molecule has 0 aliphatic carbocycles. The van der Waals surface area contributed by atoms with Gasteiger partial charge in [0.2, 0.25) is 0 Å². The first kappa shape index (κ1) is 7.77. The number of carboxylic acids is 1. The Morgan fingerprint density at radius 3 is 2.89 bits per heavy atom. The molecule has 0 atom stereocenters. The number of carboxylic acid groups (broad SMARTS) is 1. The van der Waals surface area contributed by atoms with Crippen molar-refractivity contribution >= 4 is 5.97 Å². The average Bonchev–Trinajstić information content (AvgIpc) is 1.80. The van der Waals surface area contributed by atoms with Gasteiger partial charge in [-0.1, -0.05) is 6.08 Å². The van der Waals surface area contributed by atoms with Gasteiger partial charge in [-0.25, -0.2) is 4.79 Å². The van der Waals surface area contributed by atoms with Gasteiger partial charge in [-0.2, -0.15) is 0 Å². The third-order valence-electron chi connectivity index (χ3n) is 0.716. The summed E-state index contributed by atoms with van der Waals surface area (Å²) < 4.78 is 0. The van der Waals surface area contributed by atoms with Crippen LogP contribution in [0.1, 0.15) is 12.8 Å². The lowest BCUT2D eigenvalue weighted by Gasteiger charge is -1.79. The SMILES string of the molecule is C#CCCC=CC(=O)O. The Kier molecular flexibility index (Phi) is 4.25. The third-order valence-corrected chi connectivity index (χ3v) is 0.716. The highest BCUT2D eigenvalue weighted by atomic mass is 16.4. The van der Waals surface area contributed by atoms with E-state index in [1.165, 1.54) is 0 Å². The molecule has 0 saturated carbocycles. The molecular weight excluding hydrogens is 116 g/mol. The summed E-state index contributed by atoms with van der Waals surface area (Å²) in [5.74, 6) is 1.47. The van der Waals surface area contributed by atoms with Crippen molar-refractivity contribution in [3.05, 3.63) is 12.2 Å². The largest absolute Gasteiger partial charge is 0.478 e. The van der Waals surface area contributed by atoms with Gasteiger partial charge in [-0.3, -0.25) is 0 Å². The molecule has 0 radical (unpaired) electrons. The van der Waals surface area contributed by atoms with Crippen molar-refractivity contribution in [2.24, 2.45) is 0 Å². The summed E-state index contributed by atoms with van der Waals surface area (Å²) in [6, 6.07) is 0. The molecule has 0 fully saturated rings. The fourth-order valence-electron chi connectivity index (χ4n) is 0.351. The summed E-state index contributed by atoms with van der Waals surface area (Å²) in [4.78, 5) is 9.82. The Balaban J connectivity index is 3.28. The van der Waals surface area contributed by atoms with Crippen molar-refractivity contribution in [1.29, 1.82) is 0 Å². The summed E-state index contributed by atoms with van der Waals surface area (Å²) in [6.07, 6.45) is 8.80. The van der Waals surface area contributed by atoms with E-state index in [-0.39, 0.29) is 0 Å². The van der Waals surface area contributed by atoms with Crippen LogP contribution in [0.25, 0.3) is 0 Å². The maximum absolute atomic E-state index is 9.82. The second-order valence-corrected chi connectivity index (χ2v) is 1.48. The number of unbranched alkanes of at least 4 members (excludes halogenated alkanes) is 1. The second kappa shape index (κ2) is 4.92. The zero-order valence-electron chi connectivity index (χ0n) is 5.00. The van der Waals surface area contributed by atoms with Gasteiger partial charge in [-0.15, -0.1) is 12.3 Å². The molecule has 0 aliphatic rings. The highest BCUT2D eigenvalue weighted by molar-refractivity contribution is 5.79. The Labute approximate surface area is 54.2 Å². The lowest BCUT2D eigenvalue weighted by Crippen LogP contribution is -1.84. The van der Waals surface area contributed by atoms with E-state index in [0.29, 0.717) is 12.8 Å². The summed E-state index contributed by atoms with van der Waals surface area (Å²) in [5, 5.41) is 8.07. The van der Waals surface area contributed by atoms with Gasteiger partial charge < -0.3 is 5.11 Å². The zero-order valence-corrected chi connectivity index (χ0v) is 5.00. The Morgan fingerprint density at radius 1 is 1.78 bits per heavy atom. The van der Waals surface area contributed by atoms with E-state index in [0.717, 1.165) is 6.08 Å². The molecule has 0 rings (SSSR count). The van der Waals surface area contributed by atoms with Crippen molar-refractivity contribution in [1.82, 2.24) is 0 Å². The molecule has 0 saturated heterocycles. The van der Waals surface area contributed by atoms with Crippen molar-refractivity contribution in [3.8, 4) is 12.3 Å². The fourth-order valence-corrected chi connectivity index (χ4v) is 0.351. The first-order valence-corrected chi connectivity index (χ1v) is 2.60. The zero-order chi connectivity index (χ0) is 7.11. The van der Waals surface area contributed by atoms with Crippen LogP contribution in [0, 0.1) is 12.3 Å². The number of hydrogen-bond donors (Lipinski definition) is 1. The van der Waals surface area contributed by atoms with E-state index in [2.05, 4.69) is 5.92 Å². The molecule has 0 spiro atoms. The number of rotatable bonds is 3. The smallest absolute Gasteiger partial charge is 0.327 e. The van der Waals surface area contributed by atoms with Crippen LogP contribution < -0.4 is 0 Å². The molecule has 0 amide bonds. The molecule has 48 valence electrons. The molecule has 2 heteroatoms. The topological polar surface area (TPSA) is 37.3 Å². The normalized spacial score (nSPS) is 9.22. The summed E-state index contributed by atoms with van der Waals surface area (Å²) in [5.41, 5.74) is 0. The van der Waals surface area contributed by atoms with Crippen molar-refractivity contribution in [2.75, 3.05) is 0 Å². The molecule has 0 unspecified atom stereocenters. The Hall–Kier alpha value is -1.23. The van der Waals surface area contributed by atoms with Crippen molar-refractivity contribution in [2.45, 2.75) is 12.8 Å². The molecule has 0 aromatic carbocycles. The molecular formula is C7H8O2. The number of allylic oxidation sites excluding steroid dienone is 1. The first-order chi connectivity index (χ1) is 4.27. The summed E-state index contributed by atoms with van der Waals surface area (Å²) in [7, 11) is 0. The first-order valence-electron chi connectivity index (χ1n) is 2.60. The Morgan fingerprint density at radius 2 is 2.44 bits per heavy atom. The van der Waals surface area contributed by atoms with Gasteiger partial charge in [0.25, 0.3) is 0 Å². The number of hydrogen-bond acceptors (Lipinski definition) is 1. The lowest BCUT2D eigenvalue weighted by atomic mass is 10.3. The number of carbonyl (C=O) groups is 1. The van der Waals surface area contributed by atoms with Gasteiger partial charge in [-0.05, 0) is 6.42 Å². The molecule has 2 nitrogen and oxygen atoms in total. The third kappa shape index (κ3) is 6.77. The van der Waals surface area contributed by atoms with Crippen LogP contribution in [0.3, 0.4) is 0 Å². The molecule has 0 bridgehead atoms. The van der Waals surface area contributed by atoms with E-state index in [1.54, 1.807) is 6.08 Å². The molecule has 0 aliphatic heterocycles. The van der Waals surface area contributed by atoms with E-state index >= 15 is 0 Å². The molecule has 0 heterocycles. The van der Waals surface area contributed by atoms with E-state index < -0.39 is 5.97 Å². The quantitative estimate of drug-likeness (QED) is 0.347. The van der Waals surface area contributed by atoms with Gasteiger partial charge in [0.05, 0.1) is 0 Å². The Bertz CT molecular complexity index is 151. The number of aliphatic carboxylic acids is 1. The average molecular weight is 124 g/mol. The van der Waals surface area contributed by atoms with Crippen LogP contribution in [0.2, 0.25) is 0 Å². The second-order valence-electron chi connectivity index (χ2n) is 1.48. The van der Waals surface area contributed by atoms with Crippen LogP contribution in [-0.2, 0) is 4.79 Å². The van der Waals surface area contributed by atoms with E-state index in [4.69, 9.17) is 11.5 Å². The van der Waals surface area contributed by atoms with Crippen molar-refractivity contribution in [3.63, 3.8) is 0 Å². The highest BCUT2D eigenvalue weighted by Gasteiger charge is 1.82. The van der Waals surface area contributed by atoms with Crippen LogP contribution >= 0.6 is 0 Å². The molecule has 9 heavy (non-hydrogen) atoms. The minimum absolute atomic E-state index is 0.601. The fraction of sp³-hybridized carbons (Fsp3) is 0.286. The molecule has 1 N–H and O–H groups in total. The standard InChI is InChI=1S/C7H8O2/c1-2-3-4-5-6-7(8)9/h1,5-6H,3-4H2,(H,8,9). The van der Waals surface area contributed by atoms with Gasteiger partial charge in [0.15, 0.2) is 0 Å². The van der Waals surface area contributed by atoms with Crippen LogP contribution in [0.15, 0.2) is 12.2 Å². The minimum atomic E-state index is -0.924. The summed E-state index contributed by atoms with van der Waals surface area (Å²) in [6.45, 7) is 0. The van der Waals surface area contributed by atoms with Crippen LogP contribution in [-0.4, -0.2) is 11.1 Å². The van der Waals surface area contributed by atoms with Crippen LogP contribution in [0.5, 0.6) is 0 Å². The van der Waals surface area contributed by atoms with E-state index in [1.807, 2.05) is 0 Å². The van der Waals surface area contributed by atoms with Gasteiger partial charge in [0, 0.05) is 12.5 Å². The van der Waals surface area contributed by atoms with E-state index in [9.17, 15) is 4.79 Å². The monoisotopic (exact) mass is 124 g/mol. The highest BCUT2D eigenvalue weighted by Crippen LogP contribution is 1.87. The maximum Gasteiger partial charge on any atom is 0.327 e. The summed E-state index contributed by atoms with van der Waals surface area (Å²) >= 11 is 0. The van der Waals surface area contributed by atoms with Gasteiger partial charge in [0.1, 0.15) is 0 Å². The lowest BCUT2D eigenvalue weighted by molar-refractivity contribution is -0.131. The minimum Gasteiger partial charge on any atom is -0.478 e. The van der Waals surface area contributed by atoms with Crippen LogP contribution in [0.4, 0.5) is 0 Å². The predicted molar refractivity (Wildman–Crippen MR) is 34.8 cm³/mol. The predicted octanol–water partition coefficient (Wildman–Crippen LogP) is 1.04. The van der Waals surface area contributed by atoms with Gasteiger partial charge >= 0.3 is 5.97 Å². The molecule has 0 aromatic rings.